The normalized spacial score (nSPS) is 26.4. The van der Waals surface area contributed by atoms with Gasteiger partial charge in [0.25, 0.3) is 0 Å². The van der Waals surface area contributed by atoms with Crippen molar-refractivity contribution in [1.82, 2.24) is 14.9 Å². The van der Waals surface area contributed by atoms with Gasteiger partial charge < -0.3 is 18.8 Å². The third-order valence-corrected chi connectivity index (χ3v) is 13.1. The molecular formula is C42H56N4O5. The molecule has 51 heavy (non-hydrogen) atoms. The number of likely N-dealkylation sites (tertiary alicyclic amines) is 1. The lowest BCUT2D eigenvalue weighted by atomic mass is 9.51. The van der Waals surface area contributed by atoms with E-state index in [4.69, 9.17) is 23.9 Å². The van der Waals surface area contributed by atoms with Crippen molar-refractivity contribution >= 4 is 17.8 Å². The number of carbonyl (C=O) groups is 2. The van der Waals surface area contributed by atoms with Crippen LogP contribution in [0.15, 0.2) is 47.2 Å². The molecule has 2 aromatic heterocycles. The van der Waals surface area contributed by atoms with Crippen LogP contribution in [0.4, 0.5) is 10.6 Å². The molecule has 1 aliphatic heterocycles. The Hall–Kier alpha value is -3.88. The van der Waals surface area contributed by atoms with Crippen LogP contribution in [0.1, 0.15) is 115 Å². The molecule has 1 aromatic carbocycles. The average molecular weight is 697 g/mol. The summed E-state index contributed by atoms with van der Waals surface area (Å²) in [6.07, 6.45) is 13.5. The maximum absolute atomic E-state index is 14.7. The number of amides is 2. The Bertz CT molecular complexity index is 1710. The van der Waals surface area contributed by atoms with Crippen LogP contribution in [-0.2, 0) is 20.4 Å². The summed E-state index contributed by atoms with van der Waals surface area (Å²) < 4.78 is 17.4. The smallest absolute Gasteiger partial charge is 0.410 e. The quantitative estimate of drug-likeness (QED) is 0.209. The minimum atomic E-state index is -0.210. The zero-order valence-electron chi connectivity index (χ0n) is 31.5. The van der Waals surface area contributed by atoms with Gasteiger partial charge in [0.15, 0.2) is 5.89 Å². The molecule has 0 atom stereocenters. The van der Waals surface area contributed by atoms with Crippen molar-refractivity contribution < 1.29 is 23.5 Å². The van der Waals surface area contributed by atoms with E-state index in [1.165, 1.54) is 11.1 Å². The molecule has 8 rings (SSSR count). The SMILES string of the molecule is CCC(C)(C)c1nc(-c2ccnc(N(CC34CCC(c5ccc(OC)c(C)c5)(CC3)CC4)C(=O)[C@H]3CC[C@H](OC(=O)N4CC(C)C4)CC3)c2)co1. The molecular weight excluding hydrogens is 640 g/mol. The molecule has 2 bridgehead atoms. The molecule has 5 fully saturated rings. The zero-order valence-corrected chi connectivity index (χ0v) is 31.5. The Labute approximate surface area is 303 Å². The number of anilines is 1. The van der Waals surface area contributed by atoms with Crippen LogP contribution in [0.25, 0.3) is 11.3 Å². The summed E-state index contributed by atoms with van der Waals surface area (Å²) in [6.45, 7) is 12.9. The van der Waals surface area contributed by atoms with Crippen LogP contribution in [0.3, 0.4) is 0 Å². The lowest BCUT2D eigenvalue weighted by molar-refractivity contribution is -0.124. The summed E-state index contributed by atoms with van der Waals surface area (Å²) in [7, 11) is 1.73. The fraction of sp³-hybridized carbons (Fsp3) is 0.619. The first-order chi connectivity index (χ1) is 24.4. The monoisotopic (exact) mass is 696 g/mol. The summed E-state index contributed by atoms with van der Waals surface area (Å²) in [5.74, 6) is 2.87. The highest BCUT2D eigenvalue weighted by molar-refractivity contribution is 5.95. The number of benzene rings is 1. The number of nitrogens with zero attached hydrogens (tertiary/aromatic N) is 4. The Morgan fingerprint density at radius 1 is 1.02 bits per heavy atom. The van der Waals surface area contributed by atoms with Crippen molar-refractivity contribution in [2.75, 3.05) is 31.6 Å². The first-order valence-corrected chi connectivity index (χ1v) is 19.3. The fourth-order valence-electron chi connectivity index (χ4n) is 9.06. The van der Waals surface area contributed by atoms with Gasteiger partial charge in [0.2, 0.25) is 5.91 Å². The van der Waals surface area contributed by atoms with Crippen LogP contribution in [0.2, 0.25) is 0 Å². The number of hydrogen-bond donors (Lipinski definition) is 0. The van der Waals surface area contributed by atoms with Gasteiger partial charge in [-0.3, -0.25) is 9.69 Å². The highest BCUT2D eigenvalue weighted by Crippen LogP contribution is 2.58. The number of aryl methyl sites for hydroxylation is 1. The summed E-state index contributed by atoms with van der Waals surface area (Å²) in [5.41, 5.74) is 4.33. The average Bonchev–Trinajstić information content (AvgIpc) is 3.65. The van der Waals surface area contributed by atoms with Crippen LogP contribution >= 0.6 is 0 Å². The topological polar surface area (TPSA) is 98.0 Å². The first-order valence-electron chi connectivity index (χ1n) is 19.3. The minimum Gasteiger partial charge on any atom is -0.496 e. The molecule has 4 saturated carbocycles. The zero-order chi connectivity index (χ0) is 36.0. The van der Waals surface area contributed by atoms with Gasteiger partial charge >= 0.3 is 6.09 Å². The van der Waals surface area contributed by atoms with E-state index in [9.17, 15) is 9.59 Å². The van der Waals surface area contributed by atoms with Gasteiger partial charge in [-0.1, -0.05) is 39.8 Å². The molecule has 0 radical (unpaired) electrons. The molecule has 0 spiro atoms. The van der Waals surface area contributed by atoms with Crippen molar-refractivity contribution in [2.24, 2.45) is 17.3 Å². The lowest BCUT2D eigenvalue weighted by Gasteiger charge is -2.55. The predicted octanol–water partition coefficient (Wildman–Crippen LogP) is 9.01. The van der Waals surface area contributed by atoms with Crippen LogP contribution in [-0.4, -0.2) is 59.7 Å². The Balaban J connectivity index is 1.11. The van der Waals surface area contributed by atoms with E-state index in [-0.39, 0.29) is 40.3 Å². The highest BCUT2D eigenvalue weighted by Gasteiger charge is 2.51. The van der Waals surface area contributed by atoms with E-state index < -0.39 is 0 Å². The van der Waals surface area contributed by atoms with E-state index in [0.29, 0.717) is 49.9 Å². The van der Waals surface area contributed by atoms with E-state index in [1.807, 2.05) is 17.0 Å². The lowest BCUT2D eigenvalue weighted by Crippen LogP contribution is -2.52. The Morgan fingerprint density at radius 3 is 2.35 bits per heavy atom. The summed E-state index contributed by atoms with van der Waals surface area (Å²) in [6, 6.07) is 10.7. The number of carbonyl (C=O) groups excluding carboxylic acids is 2. The van der Waals surface area contributed by atoms with Crippen LogP contribution < -0.4 is 9.64 Å². The van der Waals surface area contributed by atoms with Gasteiger partial charge in [0.1, 0.15) is 29.6 Å². The molecule has 5 aliphatic rings. The van der Waals surface area contributed by atoms with Crippen molar-refractivity contribution in [3.05, 3.63) is 59.8 Å². The molecule has 9 heteroatoms. The van der Waals surface area contributed by atoms with Crippen molar-refractivity contribution in [2.45, 2.75) is 122 Å². The number of oxazole rings is 1. The number of fused-ring (bicyclic) bond motifs is 3. The second kappa shape index (κ2) is 13.9. The van der Waals surface area contributed by atoms with Gasteiger partial charge in [-0.15, -0.1) is 0 Å². The van der Waals surface area contributed by atoms with Crippen LogP contribution in [0.5, 0.6) is 5.75 Å². The molecule has 3 heterocycles. The number of methoxy groups -OCH3 is 1. The molecule has 2 amide bonds. The third kappa shape index (κ3) is 7.02. The van der Waals surface area contributed by atoms with Gasteiger partial charge in [0, 0.05) is 42.7 Å². The molecule has 0 unspecified atom stereocenters. The fourth-order valence-corrected chi connectivity index (χ4v) is 9.06. The molecule has 274 valence electrons. The number of pyridine rings is 1. The molecule has 4 aliphatic carbocycles. The van der Waals surface area contributed by atoms with Gasteiger partial charge in [0.05, 0.1) is 7.11 Å². The molecule has 0 N–H and O–H groups in total. The maximum atomic E-state index is 14.7. The number of hydrogen-bond acceptors (Lipinski definition) is 7. The van der Waals surface area contributed by atoms with Crippen molar-refractivity contribution in [1.29, 1.82) is 0 Å². The third-order valence-electron chi connectivity index (χ3n) is 13.1. The van der Waals surface area contributed by atoms with Crippen molar-refractivity contribution in [3.63, 3.8) is 0 Å². The van der Waals surface area contributed by atoms with Crippen molar-refractivity contribution in [3.8, 4) is 17.0 Å². The maximum Gasteiger partial charge on any atom is 0.410 e. The summed E-state index contributed by atoms with van der Waals surface area (Å²) >= 11 is 0. The van der Waals surface area contributed by atoms with E-state index in [2.05, 4.69) is 52.8 Å². The second-order valence-electron chi connectivity index (χ2n) is 16.9. The Kier molecular flexibility index (Phi) is 9.70. The predicted molar refractivity (Wildman–Crippen MR) is 198 cm³/mol. The molecule has 3 aromatic rings. The van der Waals surface area contributed by atoms with Gasteiger partial charge in [-0.05, 0) is 124 Å². The van der Waals surface area contributed by atoms with Gasteiger partial charge in [-0.25, -0.2) is 14.8 Å². The van der Waals surface area contributed by atoms with E-state index in [1.54, 1.807) is 24.5 Å². The second-order valence-corrected chi connectivity index (χ2v) is 16.9. The van der Waals surface area contributed by atoms with E-state index >= 15 is 0 Å². The van der Waals surface area contributed by atoms with Gasteiger partial charge in [-0.2, -0.15) is 0 Å². The summed E-state index contributed by atoms with van der Waals surface area (Å²) in [5, 5.41) is 0. The largest absolute Gasteiger partial charge is 0.496 e. The Morgan fingerprint density at radius 2 is 1.73 bits per heavy atom. The standard InChI is InChI=1S/C42H56N4O5/c1-7-40(4,5)38-44-34(26-50-38)31-14-21-43-36(23-31)46(37(47)30-8-11-33(12-9-30)51-39(48)45-24-28(2)25-45)27-41-15-18-42(19-16-41,20-17-41)32-10-13-35(49-6)29(3)22-32/h10,13-14,21-23,26,28,30,33H,7-9,11-12,15-20,24-25,27H2,1-6H3/t30-,33-,41?,42?. The first kappa shape index (κ1) is 35.5. The summed E-state index contributed by atoms with van der Waals surface area (Å²) in [4.78, 5) is 40.8. The van der Waals surface area contributed by atoms with E-state index in [0.717, 1.165) is 75.0 Å². The van der Waals surface area contributed by atoms with Crippen LogP contribution in [0, 0.1) is 24.2 Å². The number of ether oxygens (including phenoxy) is 2. The molecule has 1 saturated heterocycles. The minimum absolute atomic E-state index is 0.0455. The highest BCUT2D eigenvalue weighted by atomic mass is 16.6. The number of aromatic nitrogens is 2. The molecule has 9 nitrogen and oxygen atoms in total. The number of rotatable bonds is 10.